The number of nitrogens with one attached hydrogen (secondary N) is 1. The Morgan fingerprint density at radius 1 is 1.15 bits per heavy atom. The number of anilines is 1. The highest BCUT2D eigenvalue weighted by Crippen LogP contribution is 2.29. The molecule has 0 aliphatic heterocycles. The zero-order valence-corrected chi connectivity index (χ0v) is 20.4. The van der Waals surface area contributed by atoms with E-state index in [2.05, 4.69) is 16.4 Å². The SMILES string of the molecule is COC(C)(C)C.CSc1ncc(NCc2ccc3oc4ccccc4c3c2)c(=O)n1CC=O. The van der Waals surface area contributed by atoms with Crippen molar-refractivity contribution in [2.24, 2.45) is 0 Å². The highest BCUT2D eigenvalue weighted by molar-refractivity contribution is 7.98. The van der Waals surface area contributed by atoms with Crippen molar-refractivity contribution in [3.63, 3.8) is 0 Å². The van der Waals surface area contributed by atoms with Gasteiger partial charge in [-0.25, -0.2) is 4.98 Å². The monoisotopic (exact) mass is 467 g/mol. The first kappa shape index (κ1) is 24.5. The van der Waals surface area contributed by atoms with Crippen LogP contribution in [-0.4, -0.2) is 34.8 Å². The lowest BCUT2D eigenvalue weighted by Gasteiger charge is -2.14. The Bertz CT molecular complexity index is 1300. The van der Waals surface area contributed by atoms with E-state index < -0.39 is 0 Å². The van der Waals surface area contributed by atoms with E-state index in [4.69, 9.17) is 9.15 Å². The number of ether oxygens (including phenoxy) is 1. The van der Waals surface area contributed by atoms with E-state index >= 15 is 0 Å². The molecule has 0 radical (unpaired) electrons. The van der Waals surface area contributed by atoms with E-state index in [1.807, 2.05) is 63.4 Å². The van der Waals surface area contributed by atoms with Crippen LogP contribution < -0.4 is 10.9 Å². The third-order valence-electron chi connectivity index (χ3n) is 4.99. The summed E-state index contributed by atoms with van der Waals surface area (Å²) in [7, 11) is 1.71. The molecule has 0 atom stereocenters. The molecule has 4 aromatic rings. The van der Waals surface area contributed by atoms with Gasteiger partial charge in [-0.15, -0.1) is 0 Å². The number of hydrogen-bond donors (Lipinski definition) is 1. The molecule has 2 aromatic heterocycles. The third-order valence-corrected chi connectivity index (χ3v) is 5.68. The number of methoxy groups -OCH3 is 1. The molecule has 1 N–H and O–H groups in total. The standard InChI is InChI=1S/C20H17N3O3S.C5H12O/c1-27-20-22-12-16(19(25)23(20)8-9-24)21-11-13-6-7-18-15(10-13)14-4-2-3-5-17(14)26-18;1-5(2,3)6-4/h2-7,9-10,12,21H,8,11H2,1H3;1-4H3. The molecule has 0 spiro atoms. The number of furan rings is 1. The number of aromatic nitrogens is 2. The first-order valence-corrected chi connectivity index (χ1v) is 11.8. The van der Waals surface area contributed by atoms with Crippen LogP contribution in [-0.2, 0) is 22.6 Å². The molecule has 0 bridgehead atoms. The van der Waals surface area contributed by atoms with Crippen molar-refractivity contribution in [2.75, 3.05) is 18.7 Å². The minimum absolute atomic E-state index is 0.00943. The lowest BCUT2D eigenvalue weighted by atomic mass is 10.1. The van der Waals surface area contributed by atoms with Crippen molar-refractivity contribution in [1.82, 2.24) is 9.55 Å². The van der Waals surface area contributed by atoms with E-state index in [1.165, 1.54) is 22.5 Å². The van der Waals surface area contributed by atoms with Gasteiger partial charge in [0.05, 0.1) is 18.3 Å². The summed E-state index contributed by atoms with van der Waals surface area (Å²) in [5, 5.41) is 5.75. The van der Waals surface area contributed by atoms with Crippen molar-refractivity contribution in [3.8, 4) is 0 Å². The second-order valence-electron chi connectivity index (χ2n) is 8.34. The van der Waals surface area contributed by atoms with E-state index in [0.29, 0.717) is 23.7 Å². The molecule has 2 aromatic carbocycles. The van der Waals surface area contributed by atoms with Gasteiger partial charge in [-0.2, -0.15) is 0 Å². The molecular formula is C25H29N3O4S. The molecule has 0 aliphatic carbocycles. The number of nitrogens with zero attached hydrogens (tertiary/aromatic N) is 2. The van der Waals surface area contributed by atoms with Gasteiger partial charge in [-0.3, -0.25) is 9.36 Å². The van der Waals surface area contributed by atoms with Crippen LogP contribution in [0.1, 0.15) is 26.3 Å². The Labute approximate surface area is 197 Å². The average Bonchev–Trinajstić information content (AvgIpc) is 3.17. The first-order chi connectivity index (χ1) is 15.8. The van der Waals surface area contributed by atoms with E-state index in [1.54, 1.807) is 7.11 Å². The predicted octanol–water partition coefficient (Wildman–Crippen LogP) is 5.11. The highest BCUT2D eigenvalue weighted by Gasteiger charge is 2.11. The molecule has 33 heavy (non-hydrogen) atoms. The molecule has 0 aliphatic rings. The van der Waals surface area contributed by atoms with Crippen LogP contribution >= 0.6 is 11.8 Å². The van der Waals surface area contributed by atoms with Gasteiger partial charge < -0.3 is 19.3 Å². The summed E-state index contributed by atoms with van der Waals surface area (Å²) in [6.07, 6.45) is 4.03. The Morgan fingerprint density at radius 3 is 2.52 bits per heavy atom. The van der Waals surface area contributed by atoms with E-state index in [0.717, 1.165) is 27.5 Å². The highest BCUT2D eigenvalue weighted by atomic mass is 32.2. The molecule has 0 saturated carbocycles. The Morgan fingerprint density at radius 2 is 1.85 bits per heavy atom. The number of para-hydroxylation sites is 1. The summed E-state index contributed by atoms with van der Waals surface area (Å²) in [5.41, 5.74) is 2.86. The lowest BCUT2D eigenvalue weighted by Crippen LogP contribution is -2.26. The number of thioether (sulfide) groups is 1. The van der Waals surface area contributed by atoms with Gasteiger partial charge in [0.2, 0.25) is 0 Å². The number of hydrogen-bond acceptors (Lipinski definition) is 7. The van der Waals surface area contributed by atoms with Crippen molar-refractivity contribution < 1.29 is 13.9 Å². The minimum Gasteiger partial charge on any atom is -0.456 e. The van der Waals surface area contributed by atoms with Crippen LogP contribution in [0, 0.1) is 0 Å². The van der Waals surface area contributed by atoms with Crippen LogP contribution in [0.5, 0.6) is 0 Å². The maximum atomic E-state index is 12.6. The number of benzene rings is 2. The number of carbonyl (C=O) groups excluding carboxylic acids is 1. The average molecular weight is 468 g/mol. The van der Waals surface area contributed by atoms with Crippen molar-refractivity contribution >= 4 is 45.7 Å². The molecule has 0 fully saturated rings. The van der Waals surface area contributed by atoms with Crippen LogP contribution in [0.15, 0.2) is 63.0 Å². The maximum absolute atomic E-state index is 12.6. The molecule has 0 unspecified atom stereocenters. The molecule has 7 nitrogen and oxygen atoms in total. The molecule has 4 rings (SSSR count). The normalized spacial score (nSPS) is 11.3. The van der Waals surface area contributed by atoms with Crippen LogP contribution in [0.3, 0.4) is 0 Å². The summed E-state index contributed by atoms with van der Waals surface area (Å²) < 4.78 is 12.1. The largest absolute Gasteiger partial charge is 0.456 e. The van der Waals surface area contributed by atoms with Gasteiger partial charge in [0.15, 0.2) is 5.16 Å². The number of fused-ring (bicyclic) bond motifs is 3. The van der Waals surface area contributed by atoms with Gasteiger partial charge in [-0.1, -0.05) is 36.0 Å². The van der Waals surface area contributed by atoms with E-state index in [9.17, 15) is 9.59 Å². The number of carbonyl (C=O) groups is 1. The van der Waals surface area contributed by atoms with Crippen LogP contribution in [0.2, 0.25) is 0 Å². The zero-order chi connectivity index (χ0) is 24.0. The minimum atomic E-state index is -0.253. The summed E-state index contributed by atoms with van der Waals surface area (Å²) >= 11 is 1.33. The molecule has 0 amide bonds. The lowest BCUT2D eigenvalue weighted by molar-refractivity contribution is -0.108. The topological polar surface area (TPSA) is 86.4 Å². The quantitative estimate of drug-likeness (QED) is 0.240. The Balaban J connectivity index is 0.000000454. The van der Waals surface area contributed by atoms with Gasteiger partial charge in [-0.05, 0) is 50.8 Å². The molecular weight excluding hydrogens is 438 g/mol. The second kappa shape index (κ2) is 10.7. The summed E-state index contributed by atoms with van der Waals surface area (Å²) in [6, 6.07) is 13.9. The molecule has 0 saturated heterocycles. The van der Waals surface area contributed by atoms with Crippen LogP contribution in [0.4, 0.5) is 5.69 Å². The summed E-state index contributed by atoms with van der Waals surface area (Å²) in [6.45, 7) is 6.52. The van der Waals surface area contributed by atoms with E-state index in [-0.39, 0.29) is 17.7 Å². The maximum Gasteiger partial charge on any atom is 0.277 e. The second-order valence-corrected chi connectivity index (χ2v) is 9.11. The Hall–Kier alpha value is -3.10. The summed E-state index contributed by atoms with van der Waals surface area (Å²) in [5.74, 6) is 0. The van der Waals surface area contributed by atoms with Gasteiger partial charge in [0.25, 0.3) is 5.56 Å². The molecule has 8 heteroatoms. The van der Waals surface area contributed by atoms with Crippen molar-refractivity contribution in [3.05, 3.63) is 64.6 Å². The molecule has 2 heterocycles. The number of aldehydes is 1. The molecule has 174 valence electrons. The van der Waals surface area contributed by atoms with Crippen molar-refractivity contribution in [2.45, 2.75) is 44.6 Å². The van der Waals surface area contributed by atoms with Crippen molar-refractivity contribution in [1.29, 1.82) is 0 Å². The zero-order valence-electron chi connectivity index (χ0n) is 19.5. The smallest absolute Gasteiger partial charge is 0.277 e. The van der Waals surface area contributed by atoms with Gasteiger partial charge in [0, 0.05) is 24.4 Å². The first-order valence-electron chi connectivity index (χ1n) is 10.5. The van der Waals surface area contributed by atoms with Gasteiger partial charge in [0.1, 0.15) is 23.1 Å². The fourth-order valence-corrected chi connectivity index (χ4v) is 3.61. The number of rotatable bonds is 6. The fraction of sp³-hybridized carbons (Fsp3) is 0.320. The van der Waals surface area contributed by atoms with Crippen LogP contribution in [0.25, 0.3) is 21.9 Å². The Kier molecular flexibility index (Phi) is 7.94. The van der Waals surface area contributed by atoms with Gasteiger partial charge >= 0.3 is 0 Å². The predicted molar refractivity (Wildman–Crippen MR) is 134 cm³/mol. The summed E-state index contributed by atoms with van der Waals surface area (Å²) in [4.78, 5) is 27.7. The third kappa shape index (κ3) is 6.03. The fourth-order valence-electron chi connectivity index (χ4n) is 3.08.